The zero-order valence-electron chi connectivity index (χ0n) is 31.8. The molecule has 0 saturated heterocycles. The van der Waals surface area contributed by atoms with Crippen LogP contribution in [0.3, 0.4) is 0 Å². The summed E-state index contributed by atoms with van der Waals surface area (Å²) in [6, 6.07) is 57.9. The normalized spacial score (nSPS) is 14.0. The number of aromatic nitrogens is 3. The highest BCUT2D eigenvalue weighted by atomic mass is 16.3. The Kier molecular flexibility index (Phi) is 7.24. The Bertz CT molecular complexity index is 3510. The molecule has 0 fully saturated rings. The maximum Gasteiger partial charge on any atom is 0.164 e. The van der Waals surface area contributed by atoms with E-state index in [4.69, 9.17) is 19.4 Å². The molecule has 0 N–H and O–H groups in total. The van der Waals surface area contributed by atoms with Crippen molar-refractivity contribution in [2.75, 3.05) is 0 Å². The van der Waals surface area contributed by atoms with E-state index in [1.54, 1.807) is 0 Å². The minimum absolute atomic E-state index is 0.525. The first-order chi connectivity index (χ1) is 28.6. The molecule has 4 heteroatoms. The number of benzene rings is 9. The maximum atomic E-state index is 6.83. The van der Waals surface area contributed by atoms with Crippen molar-refractivity contribution in [2.24, 2.45) is 5.92 Å². The van der Waals surface area contributed by atoms with Crippen molar-refractivity contribution in [1.82, 2.24) is 15.0 Å². The molecule has 0 amide bonds. The van der Waals surface area contributed by atoms with Crippen LogP contribution in [0.5, 0.6) is 0 Å². The Morgan fingerprint density at radius 2 is 1.14 bits per heavy atom. The van der Waals surface area contributed by atoms with Gasteiger partial charge in [-0.25, -0.2) is 15.0 Å². The average Bonchev–Trinajstić information content (AvgIpc) is 3.68. The lowest BCUT2D eigenvalue weighted by Gasteiger charge is -2.21. The fourth-order valence-electron chi connectivity index (χ4n) is 9.27. The lowest BCUT2D eigenvalue weighted by atomic mass is 9.83. The fraction of sp³-hybridized carbons (Fsp3) is 0.0556. The smallest absolute Gasteiger partial charge is 0.164 e. The molecule has 2 aromatic heterocycles. The molecular weight excluding hydrogens is 707 g/mol. The Morgan fingerprint density at radius 1 is 0.466 bits per heavy atom. The molecule has 0 aliphatic heterocycles. The molecule has 9 aromatic carbocycles. The molecule has 0 spiro atoms. The summed E-state index contributed by atoms with van der Waals surface area (Å²) in [6.45, 7) is 2.30. The van der Waals surface area contributed by atoms with E-state index in [-0.39, 0.29) is 0 Å². The van der Waals surface area contributed by atoms with Crippen molar-refractivity contribution in [3.05, 3.63) is 181 Å². The summed E-state index contributed by atoms with van der Waals surface area (Å²) < 4.78 is 6.83. The van der Waals surface area contributed by atoms with Gasteiger partial charge in [0.05, 0.1) is 0 Å². The van der Waals surface area contributed by atoms with Crippen molar-refractivity contribution >= 4 is 71.1 Å². The SMILES string of the molecule is CC1C=Cc2c(c3ccccc3c3cc(-c4cccc5c4oc4cccc(-c6nc(-c7ccccc7)nc(-c7ccc8c(ccc9ccccc98)c7)n6)c45)ccc23)C1. The molecule has 0 radical (unpaired) electrons. The molecule has 2 heterocycles. The number of nitrogens with zero attached hydrogens (tertiary/aromatic N) is 3. The number of hydrogen-bond donors (Lipinski definition) is 0. The van der Waals surface area contributed by atoms with Gasteiger partial charge in [0, 0.05) is 33.0 Å². The van der Waals surface area contributed by atoms with Crippen LogP contribution in [0.1, 0.15) is 18.1 Å². The molecule has 1 atom stereocenters. The second-order valence-electron chi connectivity index (χ2n) is 15.6. The van der Waals surface area contributed by atoms with Crippen molar-refractivity contribution in [1.29, 1.82) is 0 Å². The molecule has 0 bridgehead atoms. The van der Waals surface area contributed by atoms with Gasteiger partial charge in [0.25, 0.3) is 0 Å². The fourth-order valence-corrected chi connectivity index (χ4v) is 9.27. The predicted molar refractivity (Wildman–Crippen MR) is 241 cm³/mol. The third kappa shape index (κ3) is 5.12. The van der Waals surface area contributed by atoms with Gasteiger partial charge < -0.3 is 4.42 Å². The Labute approximate surface area is 334 Å². The number of para-hydroxylation sites is 1. The first kappa shape index (κ1) is 32.8. The second-order valence-corrected chi connectivity index (χ2v) is 15.6. The summed E-state index contributed by atoms with van der Waals surface area (Å²) in [4.78, 5) is 15.5. The average molecular weight is 742 g/mol. The van der Waals surface area contributed by atoms with Gasteiger partial charge in [-0.1, -0.05) is 165 Å². The van der Waals surface area contributed by atoms with E-state index in [9.17, 15) is 0 Å². The summed E-state index contributed by atoms with van der Waals surface area (Å²) in [6.07, 6.45) is 5.73. The van der Waals surface area contributed by atoms with Crippen LogP contribution in [-0.4, -0.2) is 15.0 Å². The summed E-state index contributed by atoms with van der Waals surface area (Å²) >= 11 is 0. The van der Waals surface area contributed by atoms with Gasteiger partial charge in [0.1, 0.15) is 11.2 Å². The Balaban J connectivity index is 1.04. The van der Waals surface area contributed by atoms with Gasteiger partial charge in [0.2, 0.25) is 0 Å². The van der Waals surface area contributed by atoms with E-state index in [2.05, 4.69) is 153 Å². The summed E-state index contributed by atoms with van der Waals surface area (Å²) in [5, 5.41) is 12.0. The van der Waals surface area contributed by atoms with Gasteiger partial charge in [-0.2, -0.15) is 0 Å². The highest BCUT2D eigenvalue weighted by molar-refractivity contribution is 6.17. The molecule has 4 nitrogen and oxygen atoms in total. The third-order valence-corrected chi connectivity index (χ3v) is 12.0. The van der Waals surface area contributed by atoms with Crippen LogP contribution in [0.2, 0.25) is 0 Å². The molecule has 272 valence electrons. The molecule has 1 aliphatic rings. The van der Waals surface area contributed by atoms with E-state index >= 15 is 0 Å². The van der Waals surface area contributed by atoms with Gasteiger partial charge in [-0.3, -0.25) is 0 Å². The van der Waals surface area contributed by atoms with Crippen LogP contribution in [0.15, 0.2) is 174 Å². The van der Waals surface area contributed by atoms with E-state index < -0.39 is 0 Å². The van der Waals surface area contributed by atoms with Crippen molar-refractivity contribution in [2.45, 2.75) is 13.3 Å². The highest BCUT2D eigenvalue weighted by Gasteiger charge is 2.22. The highest BCUT2D eigenvalue weighted by Crippen LogP contribution is 2.43. The van der Waals surface area contributed by atoms with Crippen molar-refractivity contribution < 1.29 is 4.42 Å². The summed E-state index contributed by atoms with van der Waals surface area (Å²) in [5.74, 6) is 2.38. The van der Waals surface area contributed by atoms with E-state index in [1.165, 1.54) is 48.8 Å². The number of rotatable bonds is 4. The predicted octanol–water partition coefficient (Wildman–Crippen LogP) is 14.3. The van der Waals surface area contributed by atoms with Gasteiger partial charge >= 0.3 is 0 Å². The lowest BCUT2D eigenvalue weighted by molar-refractivity contribution is 0.670. The molecular formula is C54H35N3O. The number of hydrogen-bond acceptors (Lipinski definition) is 4. The standard InChI is InChI=1S/C54H35N3O/c1-32-21-26-43-44-28-24-36(31-48(44)42-16-8-7-15-41(42)47(43)29-32)40-17-9-18-45-50-46(19-10-20-49(50)58-51(40)45)54-56-52(34-12-3-2-4-13-34)55-53(57-54)37-25-27-39-35(30-37)23-22-33-11-5-6-14-38(33)39/h2-28,30-32H,29H2,1H3. The molecule has 11 aromatic rings. The quantitative estimate of drug-likeness (QED) is 0.169. The largest absolute Gasteiger partial charge is 0.455 e. The first-order valence-electron chi connectivity index (χ1n) is 20.0. The van der Waals surface area contributed by atoms with Crippen LogP contribution in [0.25, 0.3) is 116 Å². The Hall–Kier alpha value is -7.43. The third-order valence-electron chi connectivity index (χ3n) is 12.0. The molecule has 1 aliphatic carbocycles. The zero-order valence-corrected chi connectivity index (χ0v) is 31.8. The van der Waals surface area contributed by atoms with Crippen molar-refractivity contribution in [3.8, 4) is 45.3 Å². The zero-order chi connectivity index (χ0) is 38.3. The van der Waals surface area contributed by atoms with Crippen LogP contribution in [0, 0.1) is 5.92 Å². The van der Waals surface area contributed by atoms with Crippen LogP contribution < -0.4 is 0 Å². The number of allylic oxidation sites excluding steroid dienone is 1. The minimum Gasteiger partial charge on any atom is -0.455 e. The molecule has 0 saturated carbocycles. The minimum atomic E-state index is 0.525. The number of fused-ring (bicyclic) bond motifs is 12. The van der Waals surface area contributed by atoms with Crippen LogP contribution in [0.4, 0.5) is 0 Å². The van der Waals surface area contributed by atoms with E-state index in [0.29, 0.717) is 23.4 Å². The van der Waals surface area contributed by atoms with Gasteiger partial charge in [-0.15, -0.1) is 0 Å². The lowest BCUT2D eigenvalue weighted by Crippen LogP contribution is -2.05. The van der Waals surface area contributed by atoms with Gasteiger partial charge in [-0.05, 0) is 90.3 Å². The summed E-state index contributed by atoms with van der Waals surface area (Å²) in [5.41, 5.74) is 9.37. The molecule has 58 heavy (non-hydrogen) atoms. The Morgan fingerprint density at radius 3 is 2.03 bits per heavy atom. The van der Waals surface area contributed by atoms with Crippen molar-refractivity contribution in [3.63, 3.8) is 0 Å². The van der Waals surface area contributed by atoms with Gasteiger partial charge in [0.15, 0.2) is 17.5 Å². The monoisotopic (exact) mass is 741 g/mol. The molecule has 12 rings (SSSR count). The van der Waals surface area contributed by atoms with Crippen LogP contribution in [-0.2, 0) is 6.42 Å². The second kappa shape index (κ2) is 12.8. The first-order valence-corrected chi connectivity index (χ1v) is 20.0. The van der Waals surface area contributed by atoms with E-state index in [0.717, 1.165) is 61.6 Å². The maximum absolute atomic E-state index is 6.83. The molecule has 1 unspecified atom stereocenters. The number of furan rings is 1. The van der Waals surface area contributed by atoms with E-state index in [1.807, 2.05) is 30.3 Å². The topological polar surface area (TPSA) is 51.8 Å². The summed E-state index contributed by atoms with van der Waals surface area (Å²) in [7, 11) is 0. The van der Waals surface area contributed by atoms with Crippen LogP contribution >= 0.6 is 0 Å².